The molecule has 110 valence electrons. The number of aromatic nitrogens is 1. The summed E-state index contributed by atoms with van der Waals surface area (Å²) < 4.78 is 2.29. The fraction of sp³-hybridized carbons (Fsp3) is 0.222. The van der Waals surface area contributed by atoms with Crippen molar-refractivity contribution in [2.45, 2.75) is 26.4 Å². The van der Waals surface area contributed by atoms with Crippen LogP contribution in [0.25, 0.3) is 10.9 Å². The highest BCUT2D eigenvalue weighted by Gasteiger charge is 2.11. The molecule has 2 N–H and O–H groups in total. The van der Waals surface area contributed by atoms with E-state index < -0.39 is 0 Å². The lowest BCUT2D eigenvalue weighted by Crippen LogP contribution is -2.04. The van der Waals surface area contributed by atoms with E-state index in [9.17, 15) is 0 Å². The summed E-state index contributed by atoms with van der Waals surface area (Å²) in [4.78, 5) is 0. The Bertz CT molecular complexity index is 727. The van der Waals surface area contributed by atoms with Gasteiger partial charge in [-0.1, -0.05) is 48.0 Å². The van der Waals surface area contributed by atoms with Crippen molar-refractivity contribution >= 4 is 23.3 Å². The number of halogens is 1. The molecule has 0 saturated heterocycles. The van der Waals surface area contributed by atoms with Crippen molar-refractivity contribution in [2.75, 3.05) is 0 Å². The Morgan fingerprint density at radius 1 is 1.05 bits per heavy atom. The quantitative estimate of drug-likeness (QED) is 0.761. The van der Waals surface area contributed by atoms with Gasteiger partial charge in [0.2, 0.25) is 0 Å². The van der Waals surface area contributed by atoms with E-state index in [1.807, 2.05) is 6.92 Å². The van der Waals surface area contributed by atoms with E-state index in [2.05, 4.69) is 66.2 Å². The van der Waals surface area contributed by atoms with E-state index in [1.54, 1.807) is 0 Å². The van der Waals surface area contributed by atoms with Crippen LogP contribution in [0.15, 0.2) is 54.7 Å². The molecule has 0 aliphatic rings. The van der Waals surface area contributed by atoms with Crippen LogP contribution in [0, 0.1) is 6.92 Å². The summed E-state index contributed by atoms with van der Waals surface area (Å²) in [5.41, 5.74) is 11.2. The molecule has 0 saturated carbocycles. The number of fused-ring (bicyclic) bond motifs is 1. The van der Waals surface area contributed by atoms with Crippen molar-refractivity contribution in [1.82, 2.24) is 4.57 Å². The number of benzene rings is 2. The number of hydrogen-bond donors (Lipinski definition) is 1. The number of aryl methyl sites for hydroxylation is 1. The molecule has 2 nitrogen and oxygen atoms in total. The van der Waals surface area contributed by atoms with Gasteiger partial charge in [0.25, 0.3) is 0 Å². The Labute approximate surface area is 132 Å². The van der Waals surface area contributed by atoms with Gasteiger partial charge in [-0.15, -0.1) is 12.4 Å². The van der Waals surface area contributed by atoms with E-state index in [0.29, 0.717) is 0 Å². The molecule has 0 aliphatic heterocycles. The highest BCUT2D eigenvalue weighted by Crippen LogP contribution is 2.26. The summed E-state index contributed by atoms with van der Waals surface area (Å²) in [5, 5.41) is 1.26. The predicted octanol–water partition coefficient (Wildman–Crippen LogP) is 4.44. The van der Waals surface area contributed by atoms with Gasteiger partial charge in [0.1, 0.15) is 0 Å². The fourth-order valence-electron chi connectivity index (χ4n) is 2.66. The van der Waals surface area contributed by atoms with Gasteiger partial charge in [-0.05, 0) is 31.0 Å². The SMILES string of the molecule is Cc1ccc(Cn2cc(C(C)N)c3ccccc32)cc1.Cl. The first-order valence-corrected chi connectivity index (χ1v) is 7.04. The number of nitrogens with zero attached hydrogens (tertiary/aromatic N) is 1. The standard InChI is InChI=1S/C18H20N2.ClH/c1-13-7-9-15(10-8-13)11-20-12-17(14(2)19)16-5-3-4-6-18(16)20;/h3-10,12,14H,11,19H2,1-2H3;1H. The van der Waals surface area contributed by atoms with Crippen LogP contribution >= 0.6 is 12.4 Å². The molecule has 1 atom stereocenters. The van der Waals surface area contributed by atoms with E-state index in [4.69, 9.17) is 5.73 Å². The molecule has 3 heteroatoms. The highest BCUT2D eigenvalue weighted by atomic mass is 35.5. The Hall–Kier alpha value is -1.77. The van der Waals surface area contributed by atoms with Gasteiger partial charge in [0.05, 0.1) is 0 Å². The number of para-hydroxylation sites is 1. The van der Waals surface area contributed by atoms with Crippen LogP contribution in [0.1, 0.15) is 29.7 Å². The van der Waals surface area contributed by atoms with E-state index in [1.165, 1.54) is 27.6 Å². The van der Waals surface area contributed by atoms with Gasteiger partial charge in [-0.2, -0.15) is 0 Å². The zero-order chi connectivity index (χ0) is 14.1. The predicted molar refractivity (Wildman–Crippen MR) is 92.1 cm³/mol. The summed E-state index contributed by atoms with van der Waals surface area (Å²) in [6, 6.07) is 17.2. The Kier molecular flexibility index (Phi) is 4.71. The molecule has 3 rings (SSSR count). The summed E-state index contributed by atoms with van der Waals surface area (Å²) >= 11 is 0. The van der Waals surface area contributed by atoms with Gasteiger partial charge in [0, 0.05) is 29.7 Å². The molecule has 1 unspecified atom stereocenters. The van der Waals surface area contributed by atoms with Crippen molar-refractivity contribution in [2.24, 2.45) is 5.73 Å². The van der Waals surface area contributed by atoms with Crippen molar-refractivity contribution in [3.63, 3.8) is 0 Å². The first-order chi connectivity index (χ1) is 9.65. The lowest BCUT2D eigenvalue weighted by atomic mass is 10.1. The first kappa shape index (κ1) is 15.6. The number of hydrogen-bond acceptors (Lipinski definition) is 1. The minimum absolute atomic E-state index is 0. The summed E-state index contributed by atoms with van der Waals surface area (Å²) in [6.45, 7) is 5.04. The fourth-order valence-corrected chi connectivity index (χ4v) is 2.66. The summed E-state index contributed by atoms with van der Waals surface area (Å²) in [7, 11) is 0. The molecular weight excluding hydrogens is 280 g/mol. The normalized spacial score (nSPS) is 12.1. The molecule has 0 radical (unpaired) electrons. The second kappa shape index (κ2) is 6.33. The van der Waals surface area contributed by atoms with Crippen LogP contribution in [0.5, 0.6) is 0 Å². The smallest absolute Gasteiger partial charge is 0.0486 e. The number of rotatable bonds is 3. The molecule has 2 aromatic carbocycles. The van der Waals surface area contributed by atoms with Gasteiger partial charge >= 0.3 is 0 Å². The van der Waals surface area contributed by atoms with Crippen LogP contribution in [0.4, 0.5) is 0 Å². The molecule has 1 heterocycles. The van der Waals surface area contributed by atoms with Crippen LogP contribution in [-0.4, -0.2) is 4.57 Å². The Morgan fingerprint density at radius 2 is 1.71 bits per heavy atom. The van der Waals surface area contributed by atoms with Crippen molar-refractivity contribution in [1.29, 1.82) is 0 Å². The maximum Gasteiger partial charge on any atom is 0.0486 e. The first-order valence-electron chi connectivity index (χ1n) is 7.04. The molecular formula is C18H21ClN2. The van der Waals surface area contributed by atoms with Crippen molar-refractivity contribution in [3.8, 4) is 0 Å². The Balaban J connectivity index is 0.00000161. The third kappa shape index (κ3) is 3.12. The highest BCUT2D eigenvalue weighted by molar-refractivity contribution is 5.85. The van der Waals surface area contributed by atoms with Crippen molar-refractivity contribution < 1.29 is 0 Å². The minimum Gasteiger partial charge on any atom is -0.343 e. The molecule has 1 aromatic heterocycles. The van der Waals surface area contributed by atoms with Crippen molar-refractivity contribution in [3.05, 3.63) is 71.4 Å². The largest absolute Gasteiger partial charge is 0.343 e. The van der Waals surface area contributed by atoms with E-state index in [-0.39, 0.29) is 18.4 Å². The van der Waals surface area contributed by atoms with Crippen LogP contribution < -0.4 is 5.73 Å². The second-order valence-electron chi connectivity index (χ2n) is 5.50. The minimum atomic E-state index is 0. The van der Waals surface area contributed by atoms with E-state index >= 15 is 0 Å². The molecule has 3 aromatic rings. The summed E-state index contributed by atoms with van der Waals surface area (Å²) in [6.07, 6.45) is 2.19. The van der Waals surface area contributed by atoms with Gasteiger partial charge in [-0.25, -0.2) is 0 Å². The monoisotopic (exact) mass is 300 g/mol. The molecule has 0 bridgehead atoms. The molecule has 0 fully saturated rings. The zero-order valence-corrected chi connectivity index (χ0v) is 13.2. The maximum atomic E-state index is 6.09. The second-order valence-corrected chi connectivity index (χ2v) is 5.50. The molecule has 0 aliphatic carbocycles. The van der Waals surface area contributed by atoms with Gasteiger partial charge in [-0.3, -0.25) is 0 Å². The third-order valence-electron chi connectivity index (χ3n) is 3.78. The van der Waals surface area contributed by atoms with Gasteiger partial charge < -0.3 is 10.3 Å². The zero-order valence-electron chi connectivity index (χ0n) is 12.4. The Morgan fingerprint density at radius 3 is 2.38 bits per heavy atom. The lowest BCUT2D eigenvalue weighted by molar-refractivity contribution is 0.790. The number of nitrogens with two attached hydrogens (primary N) is 1. The van der Waals surface area contributed by atoms with E-state index in [0.717, 1.165) is 6.54 Å². The average Bonchev–Trinajstić information content (AvgIpc) is 2.81. The third-order valence-corrected chi connectivity index (χ3v) is 3.78. The molecule has 0 amide bonds. The van der Waals surface area contributed by atoms with Crippen LogP contribution in [0.2, 0.25) is 0 Å². The topological polar surface area (TPSA) is 30.9 Å². The summed E-state index contributed by atoms with van der Waals surface area (Å²) in [5.74, 6) is 0. The molecule has 0 spiro atoms. The maximum absolute atomic E-state index is 6.09. The molecule has 21 heavy (non-hydrogen) atoms. The lowest BCUT2D eigenvalue weighted by Gasteiger charge is -2.06. The van der Waals surface area contributed by atoms with Gasteiger partial charge in [0.15, 0.2) is 0 Å². The average molecular weight is 301 g/mol. The van der Waals surface area contributed by atoms with Crippen LogP contribution in [0.3, 0.4) is 0 Å². The van der Waals surface area contributed by atoms with Crippen LogP contribution in [-0.2, 0) is 6.54 Å².